The van der Waals surface area contributed by atoms with E-state index in [1.54, 1.807) is 6.07 Å². The Balaban J connectivity index is 2.97. The molecule has 0 radical (unpaired) electrons. The summed E-state index contributed by atoms with van der Waals surface area (Å²) in [5.74, 6) is -2.51. The summed E-state index contributed by atoms with van der Waals surface area (Å²) in [5.41, 5.74) is 0.189. The number of rotatable bonds is 4. The van der Waals surface area contributed by atoms with Gasteiger partial charge in [-0.15, -0.1) is 0 Å². The molecule has 2 N–H and O–H groups in total. The number of nitrogens with zero attached hydrogens (tertiary/aromatic N) is 1. The van der Waals surface area contributed by atoms with Gasteiger partial charge >= 0.3 is 5.97 Å². The largest absolute Gasteiger partial charge is 0.480 e. The van der Waals surface area contributed by atoms with Gasteiger partial charge in [0.2, 0.25) is 10.0 Å². The van der Waals surface area contributed by atoms with Crippen molar-refractivity contribution in [1.29, 1.82) is 5.26 Å². The highest BCUT2D eigenvalue weighted by molar-refractivity contribution is 7.93. The van der Waals surface area contributed by atoms with Crippen LogP contribution in [0.5, 0.6) is 0 Å². The van der Waals surface area contributed by atoms with Crippen molar-refractivity contribution >= 4 is 33.3 Å². The molecule has 0 amide bonds. The molecule has 0 saturated heterocycles. The van der Waals surface area contributed by atoms with Gasteiger partial charge < -0.3 is 5.11 Å². The van der Waals surface area contributed by atoms with Crippen molar-refractivity contribution in [2.45, 2.75) is 0 Å². The van der Waals surface area contributed by atoms with Crippen LogP contribution in [0.15, 0.2) is 18.2 Å². The molecular formula is C9H7ClN2O4S. The molecule has 0 fully saturated rings. The zero-order valence-corrected chi connectivity index (χ0v) is 9.92. The normalized spacial score (nSPS) is 10.6. The van der Waals surface area contributed by atoms with Crippen LogP contribution < -0.4 is 4.72 Å². The summed E-state index contributed by atoms with van der Waals surface area (Å²) in [7, 11) is -3.97. The quantitative estimate of drug-likeness (QED) is 0.853. The molecule has 0 aromatic heterocycles. The topological polar surface area (TPSA) is 107 Å². The van der Waals surface area contributed by atoms with Crippen molar-refractivity contribution in [3.05, 3.63) is 28.8 Å². The number of hydrogen-bond donors (Lipinski definition) is 2. The lowest BCUT2D eigenvalue weighted by molar-refractivity contribution is -0.134. The summed E-state index contributed by atoms with van der Waals surface area (Å²) in [4.78, 5) is 10.3. The molecule has 0 aliphatic heterocycles. The van der Waals surface area contributed by atoms with Crippen LogP contribution in [0.2, 0.25) is 5.02 Å². The Kier molecular flexibility index (Phi) is 3.93. The van der Waals surface area contributed by atoms with E-state index in [-0.39, 0.29) is 16.3 Å². The molecule has 6 nitrogen and oxygen atoms in total. The van der Waals surface area contributed by atoms with Crippen LogP contribution >= 0.6 is 11.6 Å². The van der Waals surface area contributed by atoms with Crippen molar-refractivity contribution in [1.82, 2.24) is 0 Å². The van der Waals surface area contributed by atoms with Crippen LogP contribution in [0.25, 0.3) is 0 Å². The van der Waals surface area contributed by atoms with Gasteiger partial charge in [0, 0.05) is 5.69 Å². The van der Waals surface area contributed by atoms with Crippen molar-refractivity contribution < 1.29 is 18.3 Å². The first-order valence-electron chi connectivity index (χ1n) is 4.26. The van der Waals surface area contributed by atoms with Gasteiger partial charge in [-0.05, 0) is 18.2 Å². The minimum absolute atomic E-state index is 0.0900. The van der Waals surface area contributed by atoms with E-state index < -0.39 is 21.7 Å². The SMILES string of the molecule is N#Cc1cc(NS(=O)(=O)CC(=O)O)ccc1Cl. The van der Waals surface area contributed by atoms with Crippen molar-refractivity contribution in [3.63, 3.8) is 0 Å². The van der Waals surface area contributed by atoms with E-state index in [0.29, 0.717) is 0 Å². The van der Waals surface area contributed by atoms with E-state index in [2.05, 4.69) is 0 Å². The second kappa shape index (κ2) is 5.03. The second-order valence-electron chi connectivity index (χ2n) is 3.06. The number of nitrogens with one attached hydrogen (secondary N) is 1. The van der Waals surface area contributed by atoms with Crippen LogP contribution in [-0.4, -0.2) is 25.2 Å². The summed E-state index contributed by atoms with van der Waals surface area (Å²) in [6, 6.07) is 5.68. The fourth-order valence-electron chi connectivity index (χ4n) is 1.05. The maximum Gasteiger partial charge on any atom is 0.320 e. The number of carboxylic acids is 1. The number of carboxylic acid groups (broad SMARTS) is 1. The minimum atomic E-state index is -3.97. The minimum Gasteiger partial charge on any atom is -0.480 e. The molecule has 0 heterocycles. The summed E-state index contributed by atoms with van der Waals surface area (Å²) in [6.07, 6.45) is 0. The third-order valence-electron chi connectivity index (χ3n) is 1.67. The first-order valence-corrected chi connectivity index (χ1v) is 6.29. The monoisotopic (exact) mass is 274 g/mol. The van der Waals surface area contributed by atoms with Gasteiger partial charge in [0.1, 0.15) is 6.07 Å². The highest BCUT2D eigenvalue weighted by atomic mass is 35.5. The summed E-state index contributed by atoms with van der Waals surface area (Å²) >= 11 is 5.66. The fourth-order valence-corrected chi connectivity index (χ4v) is 2.10. The maximum atomic E-state index is 11.3. The predicted molar refractivity (Wildman–Crippen MR) is 61.2 cm³/mol. The van der Waals surface area contributed by atoms with Crippen molar-refractivity contribution in [2.24, 2.45) is 0 Å². The molecule has 0 atom stereocenters. The number of sulfonamides is 1. The van der Waals surface area contributed by atoms with Crippen molar-refractivity contribution in [3.8, 4) is 6.07 Å². The molecule has 17 heavy (non-hydrogen) atoms. The van der Waals surface area contributed by atoms with E-state index >= 15 is 0 Å². The number of hydrogen-bond acceptors (Lipinski definition) is 4. The number of anilines is 1. The van der Waals surface area contributed by atoms with Gasteiger partial charge in [0.05, 0.1) is 10.6 Å². The Hall–Kier alpha value is -1.78. The van der Waals surface area contributed by atoms with Crippen LogP contribution in [0.3, 0.4) is 0 Å². The molecule has 1 aromatic carbocycles. The predicted octanol–water partition coefficient (Wildman–Crippen LogP) is 1.04. The van der Waals surface area contributed by atoms with Gasteiger partial charge in [-0.1, -0.05) is 11.6 Å². The second-order valence-corrected chi connectivity index (χ2v) is 5.19. The molecule has 8 heteroatoms. The highest BCUT2D eigenvalue weighted by Gasteiger charge is 2.15. The van der Waals surface area contributed by atoms with E-state index in [4.69, 9.17) is 22.0 Å². The van der Waals surface area contributed by atoms with E-state index in [1.165, 1.54) is 18.2 Å². The lowest BCUT2D eigenvalue weighted by Gasteiger charge is -2.06. The van der Waals surface area contributed by atoms with Crippen molar-refractivity contribution in [2.75, 3.05) is 10.5 Å². The fraction of sp³-hybridized carbons (Fsp3) is 0.111. The molecular weight excluding hydrogens is 268 g/mol. The Morgan fingerprint density at radius 2 is 2.18 bits per heavy atom. The Morgan fingerprint density at radius 1 is 1.53 bits per heavy atom. The smallest absolute Gasteiger partial charge is 0.320 e. The molecule has 0 bridgehead atoms. The number of halogens is 1. The first kappa shape index (κ1) is 13.3. The molecule has 0 aliphatic rings. The maximum absolute atomic E-state index is 11.3. The van der Waals surface area contributed by atoms with Gasteiger partial charge in [-0.25, -0.2) is 8.42 Å². The van der Waals surface area contributed by atoms with E-state index in [0.717, 1.165) is 0 Å². The van der Waals surface area contributed by atoms with Gasteiger partial charge in [0.15, 0.2) is 5.75 Å². The highest BCUT2D eigenvalue weighted by Crippen LogP contribution is 2.20. The number of benzene rings is 1. The van der Waals surface area contributed by atoms with E-state index in [9.17, 15) is 13.2 Å². The van der Waals surface area contributed by atoms with Crippen LogP contribution in [0, 0.1) is 11.3 Å². The molecule has 1 rings (SSSR count). The Morgan fingerprint density at radius 3 is 2.71 bits per heavy atom. The van der Waals surface area contributed by atoms with Gasteiger partial charge in [-0.3, -0.25) is 9.52 Å². The molecule has 1 aromatic rings. The summed E-state index contributed by atoms with van der Waals surface area (Å²) in [5, 5.41) is 17.2. The Labute approximate surface area is 102 Å². The van der Waals surface area contributed by atoms with E-state index in [1.807, 2.05) is 4.72 Å². The van der Waals surface area contributed by atoms with Crippen LogP contribution in [0.4, 0.5) is 5.69 Å². The third kappa shape index (κ3) is 3.94. The first-order chi connectivity index (χ1) is 7.84. The number of aliphatic carboxylic acids is 1. The standard InChI is InChI=1S/C9H7ClN2O4S/c10-8-2-1-7(3-6(8)4-11)12-17(15,16)5-9(13)14/h1-3,12H,5H2,(H,13,14). The van der Waals surface area contributed by atoms with Gasteiger partial charge in [0.25, 0.3) is 0 Å². The zero-order chi connectivity index (χ0) is 13.1. The Bertz CT molecular complexity index is 592. The number of nitriles is 1. The molecule has 90 valence electrons. The molecule has 0 spiro atoms. The zero-order valence-electron chi connectivity index (χ0n) is 8.34. The molecule has 0 aliphatic carbocycles. The molecule has 0 saturated carbocycles. The average Bonchev–Trinajstić information content (AvgIpc) is 2.18. The lowest BCUT2D eigenvalue weighted by Crippen LogP contribution is -2.22. The average molecular weight is 275 g/mol. The summed E-state index contributed by atoms with van der Waals surface area (Å²) in [6.45, 7) is 0. The van der Waals surface area contributed by atoms with Gasteiger partial charge in [-0.2, -0.15) is 5.26 Å². The summed E-state index contributed by atoms with van der Waals surface area (Å²) < 4.78 is 24.6. The third-order valence-corrected chi connectivity index (χ3v) is 3.18. The lowest BCUT2D eigenvalue weighted by atomic mass is 10.2. The molecule has 0 unspecified atom stereocenters. The van der Waals surface area contributed by atoms with Crippen LogP contribution in [-0.2, 0) is 14.8 Å². The number of carbonyl (C=O) groups is 1. The van der Waals surface area contributed by atoms with Crippen LogP contribution in [0.1, 0.15) is 5.56 Å².